The first kappa shape index (κ1) is 14.1. The van der Waals surface area contributed by atoms with Gasteiger partial charge in [0.15, 0.2) is 0 Å². The van der Waals surface area contributed by atoms with Gasteiger partial charge in [-0.3, -0.25) is 4.79 Å². The minimum absolute atomic E-state index is 0.0443. The van der Waals surface area contributed by atoms with Gasteiger partial charge in [-0.25, -0.2) is 0 Å². The number of fused-ring (bicyclic) bond motifs is 1. The van der Waals surface area contributed by atoms with E-state index in [0.717, 1.165) is 28.3 Å². The highest BCUT2D eigenvalue weighted by Gasteiger charge is 2.17. The number of carbonyl (C=O) groups excluding carboxylic acids is 1. The van der Waals surface area contributed by atoms with Gasteiger partial charge in [0.05, 0.1) is 13.2 Å². The summed E-state index contributed by atoms with van der Waals surface area (Å²) in [6.07, 6.45) is 0.907. The summed E-state index contributed by atoms with van der Waals surface area (Å²) >= 11 is 6.07. The third-order valence-electron chi connectivity index (χ3n) is 2.81. The molecule has 19 heavy (non-hydrogen) atoms. The minimum atomic E-state index is -0.457. The third-order valence-corrected chi connectivity index (χ3v) is 3.03. The van der Waals surface area contributed by atoms with Crippen LogP contribution in [0, 0.1) is 0 Å². The summed E-state index contributed by atoms with van der Waals surface area (Å²) in [5.74, 6) is 0.482. The Kier molecular flexibility index (Phi) is 5.01. The molecule has 0 saturated carbocycles. The predicted molar refractivity (Wildman–Crippen MR) is 72.4 cm³/mol. The van der Waals surface area contributed by atoms with Crippen molar-refractivity contribution in [1.82, 2.24) is 5.32 Å². The van der Waals surface area contributed by atoms with Gasteiger partial charge in [-0.2, -0.15) is 0 Å². The van der Waals surface area contributed by atoms with Crippen molar-refractivity contribution >= 4 is 17.5 Å². The second-order valence-electron chi connectivity index (χ2n) is 4.35. The number of nitrogens with two attached hydrogens (primary N) is 1. The van der Waals surface area contributed by atoms with Crippen molar-refractivity contribution in [2.24, 2.45) is 5.73 Å². The third kappa shape index (κ3) is 4.09. The Morgan fingerprint density at radius 3 is 3.16 bits per heavy atom. The summed E-state index contributed by atoms with van der Waals surface area (Å²) in [6.45, 7) is 2.39. The fourth-order valence-corrected chi connectivity index (χ4v) is 2.28. The van der Waals surface area contributed by atoms with Gasteiger partial charge in [-0.05, 0) is 17.7 Å². The molecule has 0 saturated heterocycles. The molecule has 0 unspecified atom stereocenters. The maximum Gasteiger partial charge on any atom is 0.243 e. The van der Waals surface area contributed by atoms with Crippen LogP contribution in [0.15, 0.2) is 12.1 Å². The first-order valence-electron chi connectivity index (χ1n) is 6.17. The average Bonchev–Trinajstić information content (AvgIpc) is 2.80. The van der Waals surface area contributed by atoms with E-state index < -0.39 is 5.91 Å². The number of nitrogens with one attached hydrogen (secondary N) is 1. The molecular weight excluding hydrogens is 268 g/mol. The molecule has 1 aromatic rings. The highest BCUT2D eigenvalue weighted by molar-refractivity contribution is 6.30. The van der Waals surface area contributed by atoms with E-state index in [1.54, 1.807) is 0 Å². The molecule has 104 valence electrons. The van der Waals surface area contributed by atoms with E-state index in [4.69, 9.17) is 26.8 Å². The Balaban J connectivity index is 1.79. The summed E-state index contributed by atoms with van der Waals surface area (Å²) in [6, 6.07) is 3.85. The fourth-order valence-electron chi connectivity index (χ4n) is 2.02. The molecule has 0 atom stereocenters. The van der Waals surface area contributed by atoms with E-state index in [2.05, 4.69) is 5.32 Å². The molecular formula is C13H17ClN2O3. The van der Waals surface area contributed by atoms with Gasteiger partial charge in [0.2, 0.25) is 5.91 Å². The Labute approximate surface area is 117 Å². The van der Waals surface area contributed by atoms with Gasteiger partial charge in [0.1, 0.15) is 12.4 Å². The lowest BCUT2D eigenvalue weighted by Gasteiger charge is -2.10. The Morgan fingerprint density at radius 1 is 1.53 bits per heavy atom. The fraction of sp³-hybridized carbons (Fsp3) is 0.462. The van der Waals surface area contributed by atoms with Crippen molar-refractivity contribution in [3.63, 3.8) is 0 Å². The van der Waals surface area contributed by atoms with Crippen molar-refractivity contribution in [1.29, 1.82) is 0 Å². The molecule has 0 bridgehead atoms. The molecule has 5 nitrogen and oxygen atoms in total. The average molecular weight is 285 g/mol. The zero-order valence-electron chi connectivity index (χ0n) is 10.6. The maximum atomic E-state index is 10.5. The number of hydrogen-bond acceptors (Lipinski definition) is 4. The number of benzene rings is 1. The number of primary amides is 1. The lowest BCUT2D eigenvalue weighted by atomic mass is 10.1. The van der Waals surface area contributed by atoms with Crippen molar-refractivity contribution < 1.29 is 14.3 Å². The molecule has 2 rings (SSSR count). The molecule has 0 fully saturated rings. The highest BCUT2D eigenvalue weighted by atomic mass is 35.5. The van der Waals surface area contributed by atoms with Gasteiger partial charge in [0, 0.05) is 30.1 Å². The molecule has 1 aliphatic heterocycles. The Bertz CT molecular complexity index is 465. The maximum absolute atomic E-state index is 10.5. The Hall–Kier alpha value is -1.30. The van der Waals surface area contributed by atoms with Crippen LogP contribution < -0.4 is 15.8 Å². The smallest absolute Gasteiger partial charge is 0.243 e. The second-order valence-corrected chi connectivity index (χ2v) is 4.78. The largest absolute Gasteiger partial charge is 0.493 e. The zero-order valence-corrected chi connectivity index (χ0v) is 11.3. The first-order valence-corrected chi connectivity index (χ1v) is 6.55. The number of hydrogen-bond donors (Lipinski definition) is 2. The standard InChI is InChI=1S/C13H17ClN2O3/c14-11-5-9-1-3-19-13(9)10(6-11)7-16-2-4-18-8-12(15)17/h5-6,16H,1-4,7-8H2,(H2,15,17). The molecule has 1 aromatic carbocycles. The lowest BCUT2D eigenvalue weighted by molar-refractivity contribution is -0.122. The SMILES string of the molecule is NC(=O)COCCNCc1cc(Cl)cc2c1OCC2. The molecule has 0 radical (unpaired) electrons. The summed E-state index contributed by atoms with van der Waals surface area (Å²) in [5, 5.41) is 3.94. The van der Waals surface area contributed by atoms with Crippen molar-refractivity contribution in [3.05, 3.63) is 28.3 Å². The predicted octanol–water partition coefficient (Wildman–Crippen LogP) is 0.866. The second kappa shape index (κ2) is 6.75. The van der Waals surface area contributed by atoms with Gasteiger partial charge >= 0.3 is 0 Å². The van der Waals surface area contributed by atoms with Gasteiger partial charge in [0.25, 0.3) is 0 Å². The van der Waals surface area contributed by atoms with Crippen LogP contribution in [0.2, 0.25) is 5.02 Å². The Morgan fingerprint density at radius 2 is 2.37 bits per heavy atom. The monoisotopic (exact) mass is 284 g/mol. The number of rotatable bonds is 7. The molecule has 6 heteroatoms. The summed E-state index contributed by atoms with van der Waals surface area (Å²) in [7, 11) is 0. The highest BCUT2D eigenvalue weighted by Crippen LogP contribution is 2.32. The van der Waals surface area contributed by atoms with Crippen LogP contribution in [0.3, 0.4) is 0 Å². The van der Waals surface area contributed by atoms with E-state index in [1.807, 2.05) is 12.1 Å². The topological polar surface area (TPSA) is 73.6 Å². The molecule has 0 spiro atoms. The van der Waals surface area contributed by atoms with Crippen molar-refractivity contribution in [3.8, 4) is 5.75 Å². The summed E-state index contributed by atoms with van der Waals surface area (Å²) in [5.41, 5.74) is 7.17. The molecule has 1 aliphatic rings. The van der Waals surface area contributed by atoms with Crippen LogP contribution >= 0.6 is 11.6 Å². The van der Waals surface area contributed by atoms with Crippen LogP contribution in [-0.4, -0.2) is 32.3 Å². The summed E-state index contributed by atoms with van der Waals surface area (Å²) < 4.78 is 10.7. The normalized spacial score (nSPS) is 13.1. The van der Waals surface area contributed by atoms with E-state index in [1.165, 1.54) is 0 Å². The zero-order chi connectivity index (χ0) is 13.7. The molecule has 1 amide bonds. The van der Waals surface area contributed by atoms with Crippen LogP contribution in [0.25, 0.3) is 0 Å². The number of carbonyl (C=O) groups is 1. The first-order chi connectivity index (χ1) is 9.16. The molecule has 0 aromatic heterocycles. The molecule has 1 heterocycles. The minimum Gasteiger partial charge on any atom is -0.493 e. The van der Waals surface area contributed by atoms with E-state index in [-0.39, 0.29) is 6.61 Å². The van der Waals surface area contributed by atoms with Crippen LogP contribution in [-0.2, 0) is 22.5 Å². The van der Waals surface area contributed by atoms with Gasteiger partial charge < -0.3 is 20.5 Å². The van der Waals surface area contributed by atoms with Crippen LogP contribution in [0.5, 0.6) is 5.75 Å². The number of ether oxygens (including phenoxy) is 2. The van der Waals surface area contributed by atoms with E-state index in [0.29, 0.717) is 26.3 Å². The van der Waals surface area contributed by atoms with Crippen LogP contribution in [0.4, 0.5) is 0 Å². The van der Waals surface area contributed by atoms with E-state index >= 15 is 0 Å². The number of halogens is 1. The van der Waals surface area contributed by atoms with Crippen LogP contribution in [0.1, 0.15) is 11.1 Å². The molecule has 3 N–H and O–H groups in total. The van der Waals surface area contributed by atoms with Crippen molar-refractivity contribution in [2.75, 3.05) is 26.4 Å². The van der Waals surface area contributed by atoms with Crippen molar-refractivity contribution in [2.45, 2.75) is 13.0 Å². The van der Waals surface area contributed by atoms with Gasteiger partial charge in [-0.1, -0.05) is 11.6 Å². The van der Waals surface area contributed by atoms with Gasteiger partial charge in [-0.15, -0.1) is 0 Å². The lowest BCUT2D eigenvalue weighted by Crippen LogP contribution is -2.23. The number of amides is 1. The summed E-state index contributed by atoms with van der Waals surface area (Å²) in [4.78, 5) is 10.5. The molecule has 0 aliphatic carbocycles. The quantitative estimate of drug-likeness (QED) is 0.729. The van der Waals surface area contributed by atoms with E-state index in [9.17, 15) is 4.79 Å².